The number of nitrogens with zero attached hydrogens (tertiary/aromatic N) is 2. The van der Waals surface area contributed by atoms with E-state index in [4.69, 9.17) is 5.73 Å². The number of halogens is 1. The van der Waals surface area contributed by atoms with E-state index in [1.165, 1.54) is 0 Å². The molecule has 0 bridgehead atoms. The Bertz CT molecular complexity index is 495. The maximum absolute atomic E-state index is 5.79. The van der Waals surface area contributed by atoms with Crippen LogP contribution in [0, 0.1) is 0 Å². The molecule has 0 saturated carbocycles. The summed E-state index contributed by atoms with van der Waals surface area (Å²) in [4.78, 5) is 8.68. The number of pyridine rings is 1. The van der Waals surface area contributed by atoms with Gasteiger partial charge in [-0.3, -0.25) is 0 Å². The van der Waals surface area contributed by atoms with Gasteiger partial charge in [0.2, 0.25) is 0 Å². The van der Waals surface area contributed by atoms with Crippen molar-refractivity contribution in [3.05, 3.63) is 36.0 Å². The zero-order chi connectivity index (χ0) is 15.2. The Kier molecular flexibility index (Phi) is 8.96. The maximum Gasteiger partial charge on any atom is 0.189 e. The highest BCUT2D eigenvalue weighted by atomic mass is 127. The second-order valence-electron chi connectivity index (χ2n) is 5.73. The van der Waals surface area contributed by atoms with Gasteiger partial charge in [-0.25, -0.2) is 9.98 Å². The molecule has 6 heteroatoms. The summed E-state index contributed by atoms with van der Waals surface area (Å²) < 4.78 is 0.150. The molecule has 3 N–H and O–H groups in total. The van der Waals surface area contributed by atoms with Crippen LogP contribution < -0.4 is 11.1 Å². The molecule has 1 heterocycles. The Morgan fingerprint density at radius 3 is 2.71 bits per heavy atom. The lowest BCUT2D eigenvalue weighted by molar-refractivity contribution is 0.798. The fourth-order valence-electron chi connectivity index (χ4n) is 1.39. The first kappa shape index (κ1) is 20.2. The standard InChI is InChI=1S/C15H24N4S.HI/c1-11(2)9-18-14(16)19-10-12-6-7-17-13(8-12)20-15(3,4)5;/h6-8H,1,9-10H2,2-5H3,(H3,16,18,19);1H. The SMILES string of the molecule is C=C(C)CNC(N)=NCc1ccnc(SC(C)(C)C)c1.I. The van der Waals surface area contributed by atoms with Gasteiger partial charge in [0.15, 0.2) is 5.96 Å². The first-order chi connectivity index (χ1) is 9.26. The zero-order valence-corrected chi connectivity index (χ0v) is 16.3. The van der Waals surface area contributed by atoms with Crippen LogP contribution in [0.3, 0.4) is 0 Å². The van der Waals surface area contributed by atoms with Gasteiger partial charge >= 0.3 is 0 Å². The molecule has 0 fully saturated rings. The van der Waals surface area contributed by atoms with Crippen LogP contribution in [0.15, 0.2) is 40.5 Å². The molecule has 4 nitrogen and oxygen atoms in total. The van der Waals surface area contributed by atoms with Crippen LogP contribution in [-0.2, 0) is 6.54 Å². The Balaban J connectivity index is 0.00000400. The monoisotopic (exact) mass is 420 g/mol. The Morgan fingerprint density at radius 2 is 2.14 bits per heavy atom. The zero-order valence-electron chi connectivity index (χ0n) is 13.1. The number of nitrogens with one attached hydrogen (secondary N) is 1. The van der Waals surface area contributed by atoms with E-state index in [2.05, 4.69) is 48.7 Å². The number of guanidine groups is 1. The molecule has 0 unspecified atom stereocenters. The minimum absolute atomic E-state index is 0. The second-order valence-corrected chi connectivity index (χ2v) is 7.58. The third-order valence-corrected chi connectivity index (χ3v) is 3.26. The lowest BCUT2D eigenvalue weighted by Crippen LogP contribution is -2.32. The maximum atomic E-state index is 5.79. The average molecular weight is 420 g/mol. The van der Waals surface area contributed by atoms with Gasteiger partial charge in [0.25, 0.3) is 0 Å². The molecule has 0 aliphatic rings. The summed E-state index contributed by atoms with van der Waals surface area (Å²) in [5.41, 5.74) is 7.91. The number of nitrogens with two attached hydrogens (primary N) is 1. The van der Waals surface area contributed by atoms with Gasteiger partial charge in [-0.05, 0) is 24.6 Å². The summed E-state index contributed by atoms with van der Waals surface area (Å²) in [5.74, 6) is 0.440. The quantitative estimate of drug-likeness (QED) is 0.251. The normalized spacial score (nSPS) is 11.7. The summed E-state index contributed by atoms with van der Waals surface area (Å²) in [6, 6.07) is 4.02. The minimum atomic E-state index is 0. The molecule has 0 atom stereocenters. The third-order valence-electron chi connectivity index (χ3n) is 2.21. The van der Waals surface area contributed by atoms with Crippen LogP contribution in [0.25, 0.3) is 0 Å². The van der Waals surface area contributed by atoms with Gasteiger partial charge in [0.1, 0.15) is 0 Å². The smallest absolute Gasteiger partial charge is 0.189 e. The minimum Gasteiger partial charge on any atom is -0.370 e. The van der Waals surface area contributed by atoms with Crippen molar-refractivity contribution in [3.8, 4) is 0 Å². The van der Waals surface area contributed by atoms with Crippen molar-refractivity contribution in [3.63, 3.8) is 0 Å². The van der Waals surface area contributed by atoms with Crippen LogP contribution in [0.2, 0.25) is 0 Å². The van der Waals surface area contributed by atoms with E-state index in [-0.39, 0.29) is 28.7 Å². The van der Waals surface area contributed by atoms with E-state index in [0.717, 1.165) is 16.2 Å². The van der Waals surface area contributed by atoms with Gasteiger partial charge in [-0.1, -0.05) is 32.9 Å². The predicted molar refractivity (Wildman–Crippen MR) is 103 cm³/mol. The van der Waals surface area contributed by atoms with E-state index in [1.54, 1.807) is 11.8 Å². The molecule has 1 aromatic heterocycles. The molecular weight excluding hydrogens is 395 g/mol. The number of hydrogen-bond donors (Lipinski definition) is 2. The summed E-state index contributed by atoms with van der Waals surface area (Å²) in [5, 5.41) is 4.03. The molecule has 0 aliphatic heterocycles. The van der Waals surface area contributed by atoms with Gasteiger partial charge in [0, 0.05) is 17.5 Å². The highest BCUT2D eigenvalue weighted by Crippen LogP contribution is 2.30. The summed E-state index contributed by atoms with van der Waals surface area (Å²) in [6.45, 7) is 13.5. The van der Waals surface area contributed by atoms with Crippen LogP contribution in [0.1, 0.15) is 33.3 Å². The first-order valence-electron chi connectivity index (χ1n) is 6.58. The van der Waals surface area contributed by atoms with E-state index < -0.39 is 0 Å². The number of rotatable bonds is 5. The van der Waals surface area contributed by atoms with Crippen LogP contribution in [0.4, 0.5) is 0 Å². The molecule has 1 aromatic rings. The summed E-state index contributed by atoms with van der Waals surface area (Å²) in [7, 11) is 0. The molecule has 1 rings (SSSR count). The van der Waals surface area contributed by atoms with E-state index in [9.17, 15) is 0 Å². The van der Waals surface area contributed by atoms with Crippen LogP contribution in [0.5, 0.6) is 0 Å². The largest absolute Gasteiger partial charge is 0.370 e. The fraction of sp³-hybridized carbons (Fsp3) is 0.467. The molecule has 0 saturated heterocycles. The highest BCUT2D eigenvalue weighted by Gasteiger charge is 2.13. The second kappa shape index (κ2) is 9.30. The molecule has 0 spiro atoms. The lowest BCUT2D eigenvalue weighted by atomic mass is 10.3. The van der Waals surface area contributed by atoms with Crippen molar-refractivity contribution in [1.82, 2.24) is 10.3 Å². The molecule has 118 valence electrons. The van der Waals surface area contributed by atoms with Gasteiger partial charge in [-0.15, -0.1) is 35.7 Å². The van der Waals surface area contributed by atoms with Gasteiger partial charge < -0.3 is 11.1 Å². The highest BCUT2D eigenvalue weighted by molar-refractivity contribution is 14.0. The molecule has 0 aliphatic carbocycles. The van der Waals surface area contributed by atoms with E-state index in [0.29, 0.717) is 19.0 Å². The van der Waals surface area contributed by atoms with Crippen molar-refractivity contribution in [2.75, 3.05) is 6.54 Å². The van der Waals surface area contributed by atoms with Crippen molar-refractivity contribution < 1.29 is 0 Å². The topological polar surface area (TPSA) is 63.3 Å². The van der Waals surface area contributed by atoms with Crippen molar-refractivity contribution in [2.45, 2.75) is 44.0 Å². The molecule has 21 heavy (non-hydrogen) atoms. The van der Waals surface area contributed by atoms with Crippen molar-refractivity contribution in [2.24, 2.45) is 10.7 Å². The molecular formula is C15H25IN4S. The van der Waals surface area contributed by atoms with Crippen LogP contribution >= 0.6 is 35.7 Å². The lowest BCUT2D eigenvalue weighted by Gasteiger charge is -2.16. The number of aliphatic imine (C=N–C) groups is 1. The van der Waals surface area contributed by atoms with Gasteiger partial charge in [-0.2, -0.15) is 0 Å². The molecule has 0 aromatic carbocycles. The number of aromatic nitrogens is 1. The first-order valence-corrected chi connectivity index (χ1v) is 7.40. The Morgan fingerprint density at radius 1 is 1.48 bits per heavy atom. The van der Waals surface area contributed by atoms with E-state index >= 15 is 0 Å². The summed E-state index contributed by atoms with van der Waals surface area (Å²) in [6.07, 6.45) is 1.82. The molecule has 0 amide bonds. The van der Waals surface area contributed by atoms with Crippen molar-refractivity contribution in [1.29, 1.82) is 0 Å². The number of hydrogen-bond acceptors (Lipinski definition) is 3. The fourth-order valence-corrected chi connectivity index (χ4v) is 2.34. The third kappa shape index (κ3) is 9.73. The Hall–Kier alpha value is -0.760. The predicted octanol–water partition coefficient (Wildman–Crippen LogP) is 3.57. The number of thioether (sulfide) groups is 1. The van der Waals surface area contributed by atoms with E-state index in [1.807, 2.05) is 19.2 Å². The Labute approximate surface area is 149 Å². The average Bonchev–Trinajstić information content (AvgIpc) is 2.32. The van der Waals surface area contributed by atoms with Gasteiger partial charge in [0.05, 0.1) is 11.6 Å². The summed E-state index contributed by atoms with van der Waals surface area (Å²) >= 11 is 1.75. The van der Waals surface area contributed by atoms with Crippen molar-refractivity contribution >= 4 is 41.7 Å². The molecule has 0 radical (unpaired) electrons. The van der Waals surface area contributed by atoms with Crippen LogP contribution in [-0.4, -0.2) is 22.2 Å².